The van der Waals surface area contributed by atoms with E-state index in [0.29, 0.717) is 12.0 Å². The molecule has 84 valence electrons. The van der Waals surface area contributed by atoms with E-state index in [1.807, 2.05) is 6.07 Å². The van der Waals surface area contributed by atoms with Gasteiger partial charge in [0.25, 0.3) is 0 Å². The molecule has 2 aliphatic rings. The number of anilines is 1. The van der Waals surface area contributed by atoms with E-state index in [0.717, 1.165) is 30.8 Å². The second kappa shape index (κ2) is 3.49. The van der Waals surface area contributed by atoms with Crippen molar-refractivity contribution < 1.29 is 15.2 Å². The standard InChI is InChI=1S/C12H14N2O2/c15-12(16)7-1-2-10-8(5-7)9-6-13-4-3-11(9)14-10/h1-2,5,9,11,13-14H,3-4,6H2,(H,15,16)/t9-,11+/m0/s1. The van der Waals surface area contributed by atoms with Gasteiger partial charge in [0.2, 0.25) is 0 Å². The predicted octanol–water partition coefficient (Wildman–Crippen LogP) is -1.11. The second-order valence-electron chi connectivity index (χ2n) is 4.55. The van der Waals surface area contributed by atoms with Gasteiger partial charge in [0, 0.05) is 18.2 Å². The molecule has 0 amide bonds. The Hall–Kier alpha value is -1.55. The number of hydrogen-bond donors (Lipinski definition) is 2. The molecule has 1 fully saturated rings. The molecule has 0 spiro atoms. The summed E-state index contributed by atoms with van der Waals surface area (Å²) in [5.41, 5.74) is 2.52. The highest BCUT2D eigenvalue weighted by Gasteiger charge is 2.35. The van der Waals surface area contributed by atoms with Crippen LogP contribution in [0.5, 0.6) is 0 Å². The number of piperidine rings is 1. The number of nitrogens with one attached hydrogen (secondary N) is 1. The van der Waals surface area contributed by atoms with Crippen molar-refractivity contribution in [2.75, 3.05) is 18.4 Å². The highest BCUT2D eigenvalue weighted by atomic mass is 16.4. The lowest BCUT2D eigenvalue weighted by atomic mass is 9.90. The maximum Gasteiger partial charge on any atom is 0.0845 e. The topological polar surface area (TPSA) is 68.8 Å². The summed E-state index contributed by atoms with van der Waals surface area (Å²) in [6, 6.07) is 5.72. The average molecular weight is 218 g/mol. The highest BCUT2D eigenvalue weighted by Crippen LogP contribution is 2.37. The summed E-state index contributed by atoms with van der Waals surface area (Å²) in [5.74, 6) is -0.644. The maximum absolute atomic E-state index is 10.8. The molecule has 1 saturated heterocycles. The maximum atomic E-state index is 10.8. The van der Waals surface area contributed by atoms with Crippen molar-refractivity contribution in [2.45, 2.75) is 18.4 Å². The second-order valence-corrected chi connectivity index (χ2v) is 4.55. The van der Waals surface area contributed by atoms with E-state index in [9.17, 15) is 9.90 Å². The van der Waals surface area contributed by atoms with E-state index in [1.54, 1.807) is 12.1 Å². The molecule has 2 aliphatic heterocycles. The fourth-order valence-corrected chi connectivity index (χ4v) is 2.80. The van der Waals surface area contributed by atoms with Crippen LogP contribution in [0.2, 0.25) is 0 Å². The molecule has 1 aromatic rings. The number of rotatable bonds is 1. The summed E-state index contributed by atoms with van der Waals surface area (Å²) < 4.78 is 0. The Morgan fingerprint density at radius 2 is 2.38 bits per heavy atom. The number of quaternary nitrogens is 1. The molecule has 0 radical (unpaired) electrons. The third-order valence-corrected chi connectivity index (χ3v) is 3.62. The Morgan fingerprint density at radius 3 is 3.19 bits per heavy atom. The van der Waals surface area contributed by atoms with E-state index in [2.05, 4.69) is 10.6 Å². The SMILES string of the molecule is O=C([O-])c1ccc2c(c1)[C@@H]1C[NH2+]CC[C@H]1N2. The zero-order valence-corrected chi connectivity index (χ0v) is 8.90. The average Bonchev–Trinajstić information content (AvgIpc) is 2.66. The van der Waals surface area contributed by atoms with Crippen LogP contribution in [0.1, 0.15) is 28.3 Å². The Bertz CT molecular complexity index is 445. The number of carbonyl (C=O) groups is 1. The van der Waals surface area contributed by atoms with Gasteiger partial charge in [-0.1, -0.05) is 6.07 Å². The van der Waals surface area contributed by atoms with Gasteiger partial charge in [-0.15, -0.1) is 0 Å². The molecule has 3 N–H and O–H groups in total. The summed E-state index contributed by atoms with van der Waals surface area (Å²) in [7, 11) is 0. The molecule has 0 bridgehead atoms. The number of fused-ring (bicyclic) bond motifs is 3. The van der Waals surface area contributed by atoms with Crippen molar-refractivity contribution in [1.29, 1.82) is 0 Å². The highest BCUT2D eigenvalue weighted by molar-refractivity contribution is 5.87. The van der Waals surface area contributed by atoms with Crippen molar-refractivity contribution in [3.05, 3.63) is 29.3 Å². The third kappa shape index (κ3) is 1.38. The van der Waals surface area contributed by atoms with Crippen LogP contribution in [0.25, 0.3) is 0 Å². The zero-order chi connectivity index (χ0) is 11.1. The Labute approximate surface area is 93.7 Å². The van der Waals surface area contributed by atoms with E-state index in [1.165, 1.54) is 0 Å². The number of carboxylic acid groups (broad SMARTS) is 1. The van der Waals surface area contributed by atoms with Crippen LogP contribution in [0.3, 0.4) is 0 Å². The van der Waals surface area contributed by atoms with Crippen LogP contribution in [0.4, 0.5) is 5.69 Å². The first-order valence-corrected chi connectivity index (χ1v) is 5.69. The Balaban J connectivity index is 2.00. The predicted molar refractivity (Wildman–Crippen MR) is 57.2 cm³/mol. The molecule has 4 heteroatoms. The van der Waals surface area contributed by atoms with Crippen molar-refractivity contribution in [1.82, 2.24) is 0 Å². The van der Waals surface area contributed by atoms with Crippen molar-refractivity contribution in [3.63, 3.8) is 0 Å². The minimum Gasteiger partial charge on any atom is -0.545 e. The van der Waals surface area contributed by atoms with Gasteiger partial charge in [-0.2, -0.15) is 0 Å². The molecule has 2 heterocycles. The first kappa shape index (κ1) is 9.66. The number of carboxylic acids is 1. The lowest BCUT2D eigenvalue weighted by Crippen LogP contribution is -2.88. The quantitative estimate of drug-likeness (QED) is 0.628. The summed E-state index contributed by atoms with van der Waals surface area (Å²) in [6.07, 6.45) is 1.14. The van der Waals surface area contributed by atoms with Crippen LogP contribution >= 0.6 is 0 Å². The van der Waals surface area contributed by atoms with Crippen LogP contribution in [0.15, 0.2) is 18.2 Å². The summed E-state index contributed by atoms with van der Waals surface area (Å²) >= 11 is 0. The number of nitrogens with two attached hydrogens (primary N) is 1. The monoisotopic (exact) mass is 218 g/mol. The minimum absolute atomic E-state index is 0.284. The third-order valence-electron chi connectivity index (χ3n) is 3.62. The zero-order valence-electron chi connectivity index (χ0n) is 8.90. The van der Waals surface area contributed by atoms with E-state index < -0.39 is 5.97 Å². The van der Waals surface area contributed by atoms with Gasteiger partial charge in [0.05, 0.1) is 25.0 Å². The van der Waals surface area contributed by atoms with E-state index in [-0.39, 0.29) is 5.56 Å². The van der Waals surface area contributed by atoms with Gasteiger partial charge in [0.15, 0.2) is 0 Å². The Morgan fingerprint density at radius 1 is 1.50 bits per heavy atom. The first-order chi connectivity index (χ1) is 7.75. The molecule has 2 atom stereocenters. The number of hydrogen-bond acceptors (Lipinski definition) is 3. The molecule has 0 aromatic heterocycles. The number of carbonyl (C=O) groups excluding carboxylic acids is 1. The molecule has 0 unspecified atom stereocenters. The number of aromatic carboxylic acids is 1. The Kier molecular flexibility index (Phi) is 2.11. The molecular weight excluding hydrogens is 204 g/mol. The molecular formula is C12H14N2O2. The van der Waals surface area contributed by atoms with Gasteiger partial charge in [-0.25, -0.2) is 0 Å². The lowest BCUT2D eigenvalue weighted by Gasteiger charge is -2.23. The lowest BCUT2D eigenvalue weighted by molar-refractivity contribution is -0.664. The molecule has 3 rings (SSSR count). The van der Waals surface area contributed by atoms with Crippen LogP contribution in [0, 0.1) is 0 Å². The van der Waals surface area contributed by atoms with Gasteiger partial charge in [-0.3, -0.25) is 0 Å². The van der Waals surface area contributed by atoms with Crippen molar-refractivity contribution in [2.24, 2.45) is 0 Å². The van der Waals surface area contributed by atoms with Crippen LogP contribution in [-0.2, 0) is 0 Å². The van der Waals surface area contributed by atoms with E-state index in [4.69, 9.17) is 0 Å². The molecule has 1 aromatic carbocycles. The largest absolute Gasteiger partial charge is 0.545 e. The van der Waals surface area contributed by atoms with Crippen LogP contribution < -0.4 is 15.7 Å². The minimum atomic E-state index is -1.09. The fourth-order valence-electron chi connectivity index (χ4n) is 2.80. The molecule has 16 heavy (non-hydrogen) atoms. The fraction of sp³-hybridized carbons (Fsp3) is 0.417. The summed E-state index contributed by atoms with van der Waals surface area (Å²) in [4.78, 5) is 10.8. The first-order valence-electron chi connectivity index (χ1n) is 5.69. The van der Waals surface area contributed by atoms with Gasteiger partial charge in [-0.05, 0) is 23.3 Å². The molecule has 4 nitrogen and oxygen atoms in total. The van der Waals surface area contributed by atoms with Gasteiger partial charge < -0.3 is 20.5 Å². The summed E-state index contributed by atoms with van der Waals surface area (Å²) in [6.45, 7) is 2.19. The normalized spacial score (nSPS) is 26.8. The van der Waals surface area contributed by atoms with Gasteiger partial charge in [0.1, 0.15) is 0 Å². The van der Waals surface area contributed by atoms with Crippen molar-refractivity contribution in [3.8, 4) is 0 Å². The van der Waals surface area contributed by atoms with Crippen molar-refractivity contribution >= 4 is 11.7 Å². The summed E-state index contributed by atoms with van der Waals surface area (Å²) in [5, 5.41) is 16.6. The van der Waals surface area contributed by atoms with E-state index >= 15 is 0 Å². The smallest absolute Gasteiger partial charge is 0.0845 e. The molecule has 0 saturated carbocycles. The van der Waals surface area contributed by atoms with Gasteiger partial charge >= 0.3 is 0 Å². The number of benzene rings is 1. The van der Waals surface area contributed by atoms with Crippen LogP contribution in [-0.4, -0.2) is 25.1 Å². The molecule has 0 aliphatic carbocycles.